The third kappa shape index (κ3) is 2.07. The lowest BCUT2D eigenvalue weighted by atomic mass is 10.0. The summed E-state index contributed by atoms with van der Waals surface area (Å²) in [6.45, 7) is 8.50. The molecule has 2 heterocycles. The van der Waals surface area contributed by atoms with E-state index in [1.165, 1.54) is 0 Å². The zero-order valence-electron chi connectivity index (χ0n) is 9.66. The fourth-order valence-electron chi connectivity index (χ4n) is 2.06. The van der Waals surface area contributed by atoms with Gasteiger partial charge in [-0.15, -0.1) is 11.3 Å². The minimum Gasteiger partial charge on any atom is -0.318 e. The predicted molar refractivity (Wildman–Crippen MR) is 64.0 cm³/mol. The van der Waals surface area contributed by atoms with Crippen molar-refractivity contribution in [3.63, 3.8) is 0 Å². The molecule has 15 heavy (non-hydrogen) atoms. The van der Waals surface area contributed by atoms with E-state index in [2.05, 4.69) is 29.1 Å². The highest BCUT2D eigenvalue weighted by Gasteiger charge is 2.38. The standard InChI is InChI=1S/C11H19N3S/c1-8(2)14-5-4-11(12,7-14)10-13-9(3)6-15-10/h6,8H,4-5,7,12H2,1-3H3. The number of thiazole rings is 1. The Morgan fingerprint density at radius 1 is 1.60 bits per heavy atom. The van der Waals surface area contributed by atoms with Gasteiger partial charge in [-0.3, -0.25) is 4.90 Å². The average Bonchev–Trinajstić information content (AvgIpc) is 2.73. The lowest BCUT2D eigenvalue weighted by molar-refractivity contribution is 0.257. The van der Waals surface area contributed by atoms with Crippen molar-refractivity contribution in [3.8, 4) is 0 Å². The Balaban J connectivity index is 2.16. The van der Waals surface area contributed by atoms with Gasteiger partial charge in [0.25, 0.3) is 0 Å². The van der Waals surface area contributed by atoms with Gasteiger partial charge in [0, 0.05) is 30.2 Å². The molecule has 3 nitrogen and oxygen atoms in total. The fourth-order valence-corrected chi connectivity index (χ4v) is 2.99. The molecule has 0 radical (unpaired) electrons. The zero-order valence-corrected chi connectivity index (χ0v) is 10.5. The van der Waals surface area contributed by atoms with Crippen LogP contribution in [0.4, 0.5) is 0 Å². The van der Waals surface area contributed by atoms with E-state index in [4.69, 9.17) is 5.73 Å². The van der Waals surface area contributed by atoms with Crippen LogP contribution in [0.5, 0.6) is 0 Å². The van der Waals surface area contributed by atoms with Gasteiger partial charge in [0.1, 0.15) is 5.01 Å². The fraction of sp³-hybridized carbons (Fsp3) is 0.727. The molecule has 84 valence electrons. The molecule has 1 unspecified atom stereocenters. The highest BCUT2D eigenvalue weighted by atomic mass is 32.1. The van der Waals surface area contributed by atoms with Crippen molar-refractivity contribution in [1.29, 1.82) is 0 Å². The van der Waals surface area contributed by atoms with Gasteiger partial charge in [-0.05, 0) is 27.2 Å². The smallest absolute Gasteiger partial charge is 0.114 e. The zero-order chi connectivity index (χ0) is 11.1. The molecule has 4 heteroatoms. The Kier molecular flexibility index (Phi) is 2.83. The monoisotopic (exact) mass is 225 g/mol. The maximum Gasteiger partial charge on any atom is 0.114 e. The van der Waals surface area contributed by atoms with E-state index in [0.29, 0.717) is 6.04 Å². The number of aryl methyl sites for hydroxylation is 1. The molecule has 1 fully saturated rings. The van der Waals surface area contributed by atoms with Crippen LogP contribution in [0.15, 0.2) is 5.38 Å². The molecule has 1 saturated heterocycles. The van der Waals surface area contributed by atoms with Gasteiger partial charge < -0.3 is 5.73 Å². The van der Waals surface area contributed by atoms with Crippen LogP contribution in [-0.4, -0.2) is 29.0 Å². The van der Waals surface area contributed by atoms with Crippen molar-refractivity contribution in [2.45, 2.75) is 38.8 Å². The summed E-state index contributed by atoms with van der Waals surface area (Å²) in [6.07, 6.45) is 1.03. The molecule has 1 aliphatic rings. The van der Waals surface area contributed by atoms with Crippen molar-refractivity contribution in [1.82, 2.24) is 9.88 Å². The van der Waals surface area contributed by atoms with Gasteiger partial charge in [0.2, 0.25) is 0 Å². The Labute approximate surface area is 95.3 Å². The Hall–Kier alpha value is -0.450. The van der Waals surface area contributed by atoms with Crippen molar-refractivity contribution in [2.75, 3.05) is 13.1 Å². The minimum absolute atomic E-state index is 0.205. The first-order valence-electron chi connectivity index (χ1n) is 5.47. The predicted octanol–water partition coefficient (Wildman–Crippen LogP) is 1.72. The van der Waals surface area contributed by atoms with Crippen LogP contribution < -0.4 is 5.73 Å². The Bertz CT molecular complexity index is 347. The van der Waals surface area contributed by atoms with E-state index < -0.39 is 0 Å². The third-order valence-corrected chi connectivity index (χ3v) is 4.29. The van der Waals surface area contributed by atoms with Crippen molar-refractivity contribution in [3.05, 3.63) is 16.1 Å². The van der Waals surface area contributed by atoms with Crippen LogP contribution in [-0.2, 0) is 5.54 Å². The largest absolute Gasteiger partial charge is 0.318 e. The Morgan fingerprint density at radius 2 is 2.33 bits per heavy atom. The highest BCUT2D eigenvalue weighted by Crippen LogP contribution is 2.32. The molecule has 0 aliphatic carbocycles. The number of likely N-dealkylation sites (tertiary alicyclic amines) is 1. The molecule has 2 N–H and O–H groups in total. The number of hydrogen-bond acceptors (Lipinski definition) is 4. The molecule has 0 amide bonds. The number of hydrogen-bond donors (Lipinski definition) is 1. The van der Waals surface area contributed by atoms with Crippen molar-refractivity contribution >= 4 is 11.3 Å². The molecule has 1 atom stereocenters. The Morgan fingerprint density at radius 3 is 2.80 bits per heavy atom. The third-order valence-electron chi connectivity index (χ3n) is 3.11. The molecular weight excluding hydrogens is 206 g/mol. The molecule has 2 rings (SSSR count). The van der Waals surface area contributed by atoms with Crippen LogP contribution in [0.25, 0.3) is 0 Å². The van der Waals surface area contributed by atoms with E-state index in [9.17, 15) is 0 Å². The molecule has 0 saturated carbocycles. The minimum atomic E-state index is -0.205. The summed E-state index contributed by atoms with van der Waals surface area (Å²) in [4.78, 5) is 6.95. The number of rotatable bonds is 2. The molecule has 0 spiro atoms. The van der Waals surface area contributed by atoms with Crippen LogP contribution >= 0.6 is 11.3 Å². The first-order chi connectivity index (χ1) is 7.01. The average molecular weight is 225 g/mol. The van der Waals surface area contributed by atoms with Crippen molar-refractivity contribution < 1.29 is 0 Å². The van der Waals surface area contributed by atoms with Crippen LogP contribution in [0.2, 0.25) is 0 Å². The quantitative estimate of drug-likeness (QED) is 0.833. The van der Waals surface area contributed by atoms with E-state index in [1.54, 1.807) is 11.3 Å². The summed E-state index contributed by atoms with van der Waals surface area (Å²) in [5.41, 5.74) is 7.31. The van der Waals surface area contributed by atoms with Gasteiger partial charge >= 0.3 is 0 Å². The maximum absolute atomic E-state index is 6.43. The second-order valence-electron chi connectivity index (χ2n) is 4.76. The lowest BCUT2D eigenvalue weighted by Gasteiger charge is -2.24. The van der Waals surface area contributed by atoms with E-state index in [1.807, 2.05) is 6.92 Å². The summed E-state index contributed by atoms with van der Waals surface area (Å²) < 4.78 is 0. The first kappa shape index (κ1) is 11.0. The molecule has 0 aromatic carbocycles. The molecule has 0 bridgehead atoms. The molecular formula is C11H19N3S. The van der Waals surface area contributed by atoms with Gasteiger partial charge in [-0.2, -0.15) is 0 Å². The summed E-state index contributed by atoms with van der Waals surface area (Å²) in [6, 6.07) is 0.580. The number of nitrogens with zero attached hydrogens (tertiary/aromatic N) is 2. The normalized spacial score (nSPS) is 27.8. The summed E-state index contributed by atoms with van der Waals surface area (Å²) in [7, 11) is 0. The van der Waals surface area contributed by atoms with Crippen LogP contribution in [0.1, 0.15) is 31.0 Å². The van der Waals surface area contributed by atoms with Gasteiger partial charge in [-0.25, -0.2) is 4.98 Å². The van der Waals surface area contributed by atoms with Crippen LogP contribution in [0.3, 0.4) is 0 Å². The second-order valence-corrected chi connectivity index (χ2v) is 5.62. The number of nitrogens with two attached hydrogens (primary N) is 1. The molecule has 1 aliphatic heterocycles. The highest BCUT2D eigenvalue weighted by molar-refractivity contribution is 7.09. The van der Waals surface area contributed by atoms with E-state index >= 15 is 0 Å². The summed E-state index contributed by atoms with van der Waals surface area (Å²) in [5, 5.41) is 3.19. The SMILES string of the molecule is Cc1csc(C2(N)CCN(C(C)C)C2)n1. The second kappa shape index (κ2) is 3.85. The molecule has 1 aromatic rings. The topological polar surface area (TPSA) is 42.1 Å². The number of aromatic nitrogens is 1. The molecule has 1 aromatic heterocycles. The summed E-state index contributed by atoms with van der Waals surface area (Å²) in [5.74, 6) is 0. The van der Waals surface area contributed by atoms with Gasteiger partial charge in [0.15, 0.2) is 0 Å². The summed E-state index contributed by atoms with van der Waals surface area (Å²) >= 11 is 1.70. The first-order valence-corrected chi connectivity index (χ1v) is 6.35. The van der Waals surface area contributed by atoms with Crippen molar-refractivity contribution in [2.24, 2.45) is 5.73 Å². The van der Waals surface area contributed by atoms with E-state index in [0.717, 1.165) is 30.2 Å². The van der Waals surface area contributed by atoms with Gasteiger partial charge in [0.05, 0.1) is 5.54 Å². The van der Waals surface area contributed by atoms with Gasteiger partial charge in [-0.1, -0.05) is 0 Å². The lowest BCUT2D eigenvalue weighted by Crippen LogP contribution is -2.41. The maximum atomic E-state index is 6.43. The van der Waals surface area contributed by atoms with E-state index in [-0.39, 0.29) is 5.54 Å². The van der Waals surface area contributed by atoms with Crippen LogP contribution in [0, 0.1) is 6.92 Å².